The Balaban J connectivity index is 2.31. The molecule has 2 aromatic rings. The molecule has 0 radical (unpaired) electrons. The summed E-state index contributed by atoms with van der Waals surface area (Å²) in [6.07, 6.45) is 0. The second kappa shape index (κ2) is 5.19. The summed E-state index contributed by atoms with van der Waals surface area (Å²) in [7, 11) is 0. The first-order chi connectivity index (χ1) is 7.08. The van der Waals surface area contributed by atoms with Crippen LogP contribution in [0.5, 0.6) is 0 Å². The van der Waals surface area contributed by atoms with Gasteiger partial charge in [0.1, 0.15) is 0 Å². The van der Waals surface area contributed by atoms with Crippen molar-refractivity contribution in [2.75, 3.05) is 0 Å². The molecule has 0 aliphatic heterocycles. The second-order valence-corrected chi connectivity index (χ2v) is 8.99. The maximum atomic E-state index is 6.00. The summed E-state index contributed by atoms with van der Waals surface area (Å²) < 4.78 is 2.13. The summed E-state index contributed by atoms with van der Waals surface area (Å²) in [6, 6.07) is 6.15. The Morgan fingerprint density at radius 1 is 1.13 bits per heavy atom. The zero-order chi connectivity index (χ0) is 11.0. The van der Waals surface area contributed by atoms with Gasteiger partial charge in [0.15, 0.2) is 0 Å². The molecule has 15 heavy (non-hydrogen) atoms. The van der Waals surface area contributed by atoms with Crippen molar-refractivity contribution in [3.63, 3.8) is 0 Å². The molecule has 1 unspecified atom stereocenters. The number of thiophene rings is 2. The fourth-order valence-corrected chi connectivity index (χ4v) is 5.18. The van der Waals surface area contributed by atoms with Crippen molar-refractivity contribution in [2.45, 2.75) is 4.83 Å². The van der Waals surface area contributed by atoms with Gasteiger partial charge in [0.05, 0.1) is 17.4 Å². The van der Waals surface area contributed by atoms with Crippen LogP contribution in [0.2, 0.25) is 5.02 Å². The van der Waals surface area contributed by atoms with Crippen molar-refractivity contribution >= 4 is 82.1 Å². The smallest absolute Gasteiger partial charge is 0.0887 e. The monoisotopic (exact) mass is 448 g/mol. The molecule has 0 fully saturated rings. The van der Waals surface area contributed by atoms with Gasteiger partial charge in [-0.2, -0.15) is 0 Å². The SMILES string of the molecule is Clc1cc(C(Br)c2ccc(Br)s2)sc1Br. The topological polar surface area (TPSA) is 0 Å². The van der Waals surface area contributed by atoms with Crippen LogP contribution in [0.25, 0.3) is 0 Å². The lowest BCUT2D eigenvalue weighted by Crippen LogP contribution is -1.83. The number of hydrogen-bond acceptors (Lipinski definition) is 2. The van der Waals surface area contributed by atoms with Gasteiger partial charge in [-0.15, -0.1) is 22.7 Å². The molecule has 0 amide bonds. The highest BCUT2D eigenvalue weighted by Crippen LogP contribution is 2.43. The van der Waals surface area contributed by atoms with Gasteiger partial charge in [-0.3, -0.25) is 0 Å². The van der Waals surface area contributed by atoms with E-state index in [1.165, 1.54) is 9.75 Å². The first-order valence-electron chi connectivity index (χ1n) is 3.92. The molecule has 2 rings (SSSR count). The number of hydrogen-bond donors (Lipinski definition) is 0. The van der Waals surface area contributed by atoms with Crippen molar-refractivity contribution in [2.24, 2.45) is 0 Å². The third kappa shape index (κ3) is 2.87. The predicted octanol–water partition coefficient (Wildman–Crippen LogP) is 6.47. The molecule has 0 N–H and O–H groups in total. The van der Waals surface area contributed by atoms with E-state index in [-0.39, 0.29) is 4.83 Å². The van der Waals surface area contributed by atoms with Crippen LogP contribution < -0.4 is 0 Å². The quantitative estimate of drug-likeness (QED) is 0.459. The van der Waals surface area contributed by atoms with Gasteiger partial charge in [0.2, 0.25) is 0 Å². The maximum absolute atomic E-state index is 6.00. The average Bonchev–Trinajstić information content (AvgIpc) is 2.74. The van der Waals surface area contributed by atoms with Crippen molar-refractivity contribution < 1.29 is 0 Å². The molecular weight excluding hydrogens is 447 g/mol. The Morgan fingerprint density at radius 2 is 1.87 bits per heavy atom. The fourth-order valence-electron chi connectivity index (χ4n) is 1.09. The standard InChI is InChI=1S/C9H4Br3ClS2/c10-7-2-1-5(14-7)8(11)6-3-4(13)9(12)15-6/h1-3,8H. The Hall–Kier alpha value is 1.13. The zero-order valence-corrected chi connectivity index (χ0v) is 14.3. The number of alkyl halides is 1. The van der Waals surface area contributed by atoms with Crippen LogP contribution in [-0.4, -0.2) is 0 Å². The van der Waals surface area contributed by atoms with Crippen molar-refractivity contribution in [1.82, 2.24) is 0 Å². The van der Waals surface area contributed by atoms with Crippen LogP contribution in [-0.2, 0) is 0 Å². The molecule has 1 atom stereocenters. The van der Waals surface area contributed by atoms with Crippen LogP contribution in [0.4, 0.5) is 0 Å². The summed E-state index contributed by atoms with van der Waals surface area (Å²) in [5.74, 6) is 0. The molecule has 0 aromatic carbocycles. The first-order valence-corrected chi connectivity index (χ1v) is 8.43. The Bertz CT molecular complexity index is 458. The zero-order valence-electron chi connectivity index (χ0n) is 7.14. The van der Waals surface area contributed by atoms with Gasteiger partial charge in [-0.25, -0.2) is 0 Å². The minimum absolute atomic E-state index is 0.225. The van der Waals surface area contributed by atoms with E-state index in [4.69, 9.17) is 11.6 Å². The van der Waals surface area contributed by atoms with Gasteiger partial charge in [-0.1, -0.05) is 27.5 Å². The van der Waals surface area contributed by atoms with E-state index in [2.05, 4.69) is 59.9 Å². The van der Waals surface area contributed by atoms with E-state index in [9.17, 15) is 0 Å². The third-order valence-corrected chi connectivity index (χ3v) is 7.58. The molecule has 6 heteroatoms. The Morgan fingerprint density at radius 3 is 2.33 bits per heavy atom. The molecule has 0 saturated heterocycles. The van der Waals surface area contributed by atoms with Gasteiger partial charge < -0.3 is 0 Å². The van der Waals surface area contributed by atoms with Crippen LogP contribution in [0.3, 0.4) is 0 Å². The highest BCUT2D eigenvalue weighted by molar-refractivity contribution is 9.11. The molecule has 0 saturated carbocycles. The van der Waals surface area contributed by atoms with Crippen molar-refractivity contribution in [1.29, 1.82) is 0 Å². The van der Waals surface area contributed by atoms with E-state index >= 15 is 0 Å². The molecular formula is C9H4Br3ClS2. The van der Waals surface area contributed by atoms with Crippen LogP contribution >= 0.6 is 82.1 Å². The van der Waals surface area contributed by atoms with Crippen molar-refractivity contribution in [3.05, 3.63) is 40.5 Å². The van der Waals surface area contributed by atoms with Gasteiger partial charge >= 0.3 is 0 Å². The summed E-state index contributed by atoms with van der Waals surface area (Å²) in [5.41, 5.74) is 0. The van der Waals surface area contributed by atoms with E-state index < -0.39 is 0 Å². The molecule has 0 aliphatic rings. The van der Waals surface area contributed by atoms with Gasteiger partial charge in [0, 0.05) is 9.75 Å². The first kappa shape index (κ1) is 12.6. The van der Waals surface area contributed by atoms with E-state index in [1.807, 2.05) is 6.07 Å². The Labute approximate surface area is 126 Å². The average molecular weight is 451 g/mol. The lowest BCUT2D eigenvalue weighted by Gasteiger charge is -2.02. The van der Waals surface area contributed by atoms with Gasteiger partial charge in [0.25, 0.3) is 0 Å². The second-order valence-electron chi connectivity index (χ2n) is 2.77. The highest BCUT2D eigenvalue weighted by atomic mass is 79.9. The summed E-state index contributed by atoms with van der Waals surface area (Å²) in [6.45, 7) is 0. The van der Waals surface area contributed by atoms with Crippen LogP contribution in [0.1, 0.15) is 14.6 Å². The molecule has 0 bridgehead atoms. The fraction of sp³-hybridized carbons (Fsp3) is 0.111. The number of rotatable bonds is 2. The lowest BCUT2D eigenvalue weighted by molar-refractivity contribution is 1.29. The summed E-state index contributed by atoms with van der Waals surface area (Å²) in [4.78, 5) is 2.70. The molecule has 80 valence electrons. The number of halogens is 4. The lowest BCUT2D eigenvalue weighted by atomic mass is 10.3. The van der Waals surface area contributed by atoms with Gasteiger partial charge in [-0.05, 0) is 50.1 Å². The minimum Gasteiger partial charge on any atom is -0.132 e. The molecule has 0 aliphatic carbocycles. The predicted molar refractivity (Wildman–Crippen MR) is 79.8 cm³/mol. The summed E-state index contributed by atoms with van der Waals surface area (Å²) in [5, 5.41) is 0.773. The van der Waals surface area contributed by atoms with E-state index in [0.717, 1.165) is 12.6 Å². The van der Waals surface area contributed by atoms with E-state index in [0.29, 0.717) is 0 Å². The molecule has 0 spiro atoms. The largest absolute Gasteiger partial charge is 0.132 e. The normalized spacial score (nSPS) is 13.1. The highest BCUT2D eigenvalue weighted by Gasteiger charge is 2.16. The van der Waals surface area contributed by atoms with Crippen LogP contribution in [0.15, 0.2) is 25.8 Å². The third-order valence-electron chi connectivity index (χ3n) is 1.76. The van der Waals surface area contributed by atoms with E-state index in [1.54, 1.807) is 22.7 Å². The maximum Gasteiger partial charge on any atom is 0.0887 e. The molecule has 2 heterocycles. The molecule has 0 nitrogen and oxygen atoms in total. The van der Waals surface area contributed by atoms with Crippen LogP contribution in [0, 0.1) is 0 Å². The Kier molecular flexibility index (Phi) is 4.35. The minimum atomic E-state index is 0.225. The van der Waals surface area contributed by atoms with Crippen molar-refractivity contribution in [3.8, 4) is 0 Å². The summed E-state index contributed by atoms with van der Waals surface area (Å²) >= 11 is 19.9. The molecule has 2 aromatic heterocycles.